The molecule has 0 aromatic heterocycles. The number of amides is 2. The molecule has 0 aromatic carbocycles. The molecule has 0 unspecified atom stereocenters. The first kappa shape index (κ1) is 14.0. The quantitative estimate of drug-likeness (QED) is 0.752. The first-order valence-corrected chi connectivity index (χ1v) is 6.08. The van der Waals surface area contributed by atoms with Gasteiger partial charge in [0.25, 0.3) is 0 Å². The third kappa shape index (κ3) is 3.43. The Hall–Kier alpha value is -1.10. The molecule has 1 N–H and O–H groups in total. The van der Waals surface area contributed by atoms with E-state index in [0.29, 0.717) is 32.7 Å². The van der Waals surface area contributed by atoms with Crippen LogP contribution in [-0.2, 0) is 9.59 Å². The highest BCUT2D eigenvalue weighted by molar-refractivity contribution is 5.82. The van der Waals surface area contributed by atoms with Crippen molar-refractivity contribution in [1.29, 1.82) is 0 Å². The van der Waals surface area contributed by atoms with Crippen LogP contribution in [0.25, 0.3) is 0 Å². The summed E-state index contributed by atoms with van der Waals surface area (Å²) in [5, 5.41) is 3.04. The summed E-state index contributed by atoms with van der Waals surface area (Å²) in [6.45, 7) is 8.72. The minimum Gasteiger partial charge on any atom is -0.339 e. The van der Waals surface area contributed by atoms with Gasteiger partial charge in [0.2, 0.25) is 11.8 Å². The Labute approximate surface area is 103 Å². The van der Waals surface area contributed by atoms with Crippen LogP contribution in [0.2, 0.25) is 0 Å². The minimum atomic E-state index is -0.382. The van der Waals surface area contributed by atoms with Crippen molar-refractivity contribution in [3.05, 3.63) is 0 Å². The van der Waals surface area contributed by atoms with Gasteiger partial charge < -0.3 is 15.1 Å². The van der Waals surface area contributed by atoms with Gasteiger partial charge in [-0.05, 0) is 20.9 Å². The van der Waals surface area contributed by atoms with Crippen molar-refractivity contribution in [2.45, 2.75) is 20.8 Å². The summed E-state index contributed by atoms with van der Waals surface area (Å²) in [6, 6.07) is 0. The van der Waals surface area contributed by atoms with E-state index < -0.39 is 0 Å². The predicted molar refractivity (Wildman–Crippen MR) is 66.5 cm³/mol. The number of nitrogens with zero attached hydrogens (tertiary/aromatic N) is 2. The summed E-state index contributed by atoms with van der Waals surface area (Å²) in [6.07, 6.45) is 0. The SMILES string of the molecule is CNCC(C)(C)C(=O)N1CCN(C(C)=O)CC1. The van der Waals surface area contributed by atoms with Gasteiger partial charge in [0.05, 0.1) is 5.41 Å². The maximum absolute atomic E-state index is 12.3. The highest BCUT2D eigenvalue weighted by Gasteiger charge is 2.33. The highest BCUT2D eigenvalue weighted by atomic mass is 16.2. The maximum atomic E-state index is 12.3. The van der Waals surface area contributed by atoms with Gasteiger partial charge in [-0.15, -0.1) is 0 Å². The summed E-state index contributed by atoms with van der Waals surface area (Å²) in [5.41, 5.74) is -0.382. The molecule has 0 saturated carbocycles. The van der Waals surface area contributed by atoms with Gasteiger partial charge in [-0.1, -0.05) is 0 Å². The van der Waals surface area contributed by atoms with E-state index in [0.717, 1.165) is 0 Å². The Morgan fingerprint density at radius 2 is 1.59 bits per heavy atom. The Kier molecular flexibility index (Phi) is 4.51. The minimum absolute atomic E-state index is 0.0894. The van der Waals surface area contributed by atoms with Crippen LogP contribution in [0.4, 0.5) is 0 Å². The van der Waals surface area contributed by atoms with Gasteiger partial charge in [-0.25, -0.2) is 0 Å². The molecule has 5 nitrogen and oxygen atoms in total. The molecule has 17 heavy (non-hydrogen) atoms. The molecule has 98 valence electrons. The van der Waals surface area contributed by atoms with Gasteiger partial charge in [0.1, 0.15) is 0 Å². The summed E-state index contributed by atoms with van der Waals surface area (Å²) in [5.74, 6) is 0.252. The maximum Gasteiger partial charge on any atom is 0.229 e. The number of piperazine rings is 1. The van der Waals surface area contributed by atoms with Gasteiger partial charge in [0, 0.05) is 39.6 Å². The largest absolute Gasteiger partial charge is 0.339 e. The van der Waals surface area contributed by atoms with Crippen LogP contribution in [0.15, 0.2) is 0 Å². The normalized spacial score (nSPS) is 17.2. The van der Waals surface area contributed by atoms with E-state index in [1.54, 1.807) is 11.8 Å². The second-order valence-electron chi connectivity index (χ2n) is 5.21. The predicted octanol–water partition coefficient (Wildman–Crippen LogP) is -0.0773. The van der Waals surface area contributed by atoms with Gasteiger partial charge in [-0.3, -0.25) is 9.59 Å². The summed E-state index contributed by atoms with van der Waals surface area (Å²) >= 11 is 0. The first-order valence-electron chi connectivity index (χ1n) is 6.08. The number of hydrogen-bond donors (Lipinski definition) is 1. The lowest BCUT2D eigenvalue weighted by Crippen LogP contribution is -2.54. The molecule has 1 aliphatic rings. The van der Waals surface area contributed by atoms with Crippen LogP contribution in [0.5, 0.6) is 0 Å². The van der Waals surface area contributed by atoms with Gasteiger partial charge in [-0.2, -0.15) is 0 Å². The summed E-state index contributed by atoms with van der Waals surface area (Å²) < 4.78 is 0. The van der Waals surface area contributed by atoms with Crippen molar-refractivity contribution in [2.24, 2.45) is 5.41 Å². The van der Waals surface area contributed by atoms with Crippen LogP contribution < -0.4 is 5.32 Å². The van der Waals surface area contributed by atoms with Crippen molar-refractivity contribution in [1.82, 2.24) is 15.1 Å². The van der Waals surface area contributed by atoms with Crippen molar-refractivity contribution >= 4 is 11.8 Å². The fourth-order valence-corrected chi connectivity index (χ4v) is 2.17. The number of nitrogens with one attached hydrogen (secondary N) is 1. The van der Waals surface area contributed by atoms with Crippen LogP contribution >= 0.6 is 0 Å². The Morgan fingerprint density at radius 1 is 1.12 bits per heavy atom. The number of carbonyl (C=O) groups is 2. The van der Waals surface area contributed by atoms with E-state index in [4.69, 9.17) is 0 Å². The van der Waals surface area contributed by atoms with E-state index in [1.165, 1.54) is 0 Å². The standard InChI is InChI=1S/C12H23N3O2/c1-10(16)14-5-7-15(8-6-14)11(17)12(2,3)9-13-4/h13H,5-9H2,1-4H3. The first-order chi connectivity index (χ1) is 7.88. The van der Waals surface area contributed by atoms with Gasteiger partial charge >= 0.3 is 0 Å². The molecule has 0 radical (unpaired) electrons. The average Bonchev–Trinajstić information content (AvgIpc) is 2.28. The van der Waals surface area contributed by atoms with E-state index >= 15 is 0 Å². The number of hydrogen-bond acceptors (Lipinski definition) is 3. The molecule has 1 saturated heterocycles. The molecule has 0 aromatic rings. The lowest BCUT2D eigenvalue weighted by molar-refractivity contribution is -0.144. The van der Waals surface area contributed by atoms with Crippen LogP contribution in [0.1, 0.15) is 20.8 Å². The Morgan fingerprint density at radius 3 is 2.00 bits per heavy atom. The molecule has 1 aliphatic heterocycles. The molecule has 0 bridgehead atoms. The average molecular weight is 241 g/mol. The molecule has 0 spiro atoms. The second-order valence-corrected chi connectivity index (χ2v) is 5.21. The third-order valence-electron chi connectivity index (χ3n) is 3.21. The molecule has 0 aliphatic carbocycles. The highest BCUT2D eigenvalue weighted by Crippen LogP contribution is 2.19. The van der Waals surface area contributed by atoms with E-state index in [1.807, 2.05) is 25.8 Å². The Bertz CT molecular complexity index is 294. The van der Waals surface area contributed by atoms with Gasteiger partial charge in [0.15, 0.2) is 0 Å². The molecule has 1 fully saturated rings. The fourth-order valence-electron chi connectivity index (χ4n) is 2.17. The number of carbonyl (C=O) groups excluding carboxylic acids is 2. The lowest BCUT2D eigenvalue weighted by atomic mass is 9.91. The zero-order valence-corrected chi connectivity index (χ0v) is 11.2. The zero-order valence-electron chi connectivity index (χ0n) is 11.2. The summed E-state index contributed by atoms with van der Waals surface area (Å²) in [4.78, 5) is 27.1. The molecule has 1 rings (SSSR count). The topological polar surface area (TPSA) is 52.7 Å². The van der Waals surface area contributed by atoms with E-state index in [9.17, 15) is 9.59 Å². The van der Waals surface area contributed by atoms with Crippen molar-refractivity contribution in [2.75, 3.05) is 39.8 Å². The smallest absolute Gasteiger partial charge is 0.229 e. The molecular weight excluding hydrogens is 218 g/mol. The van der Waals surface area contributed by atoms with Crippen molar-refractivity contribution in [3.8, 4) is 0 Å². The monoisotopic (exact) mass is 241 g/mol. The van der Waals surface area contributed by atoms with Crippen molar-refractivity contribution < 1.29 is 9.59 Å². The summed E-state index contributed by atoms with van der Waals surface area (Å²) in [7, 11) is 1.85. The number of rotatable bonds is 3. The fraction of sp³-hybridized carbons (Fsp3) is 0.833. The van der Waals surface area contributed by atoms with E-state index in [2.05, 4.69) is 5.32 Å². The van der Waals surface area contributed by atoms with Crippen LogP contribution in [0.3, 0.4) is 0 Å². The van der Waals surface area contributed by atoms with Crippen molar-refractivity contribution in [3.63, 3.8) is 0 Å². The lowest BCUT2D eigenvalue weighted by Gasteiger charge is -2.38. The molecule has 0 atom stereocenters. The van der Waals surface area contributed by atoms with Crippen LogP contribution in [0, 0.1) is 5.41 Å². The molecule has 1 heterocycles. The molecule has 2 amide bonds. The second kappa shape index (κ2) is 5.49. The third-order valence-corrected chi connectivity index (χ3v) is 3.21. The van der Waals surface area contributed by atoms with Crippen LogP contribution in [-0.4, -0.2) is 61.4 Å². The zero-order chi connectivity index (χ0) is 13.1. The molecular formula is C12H23N3O2. The van der Waals surface area contributed by atoms with E-state index in [-0.39, 0.29) is 17.2 Å². The molecule has 5 heteroatoms. The Balaban J connectivity index is 2.54.